The standard InChI is InChI=1S/C11H13N3O2S/c15-11(3-1-4-12-7-11)10-13-9(14-16-10)8-2-5-17-6-8/h2,5-6,12,15H,1,3-4,7H2. The molecule has 2 aromatic rings. The second-order valence-electron chi connectivity index (χ2n) is 4.25. The van der Waals surface area contributed by atoms with Gasteiger partial charge in [0.15, 0.2) is 5.60 Å². The normalized spacial score (nSPS) is 25.0. The van der Waals surface area contributed by atoms with Crippen LogP contribution in [-0.2, 0) is 5.60 Å². The van der Waals surface area contributed by atoms with Crippen molar-refractivity contribution in [1.29, 1.82) is 0 Å². The number of hydrogen-bond acceptors (Lipinski definition) is 6. The lowest BCUT2D eigenvalue weighted by Gasteiger charge is -2.28. The number of hydrogen-bond donors (Lipinski definition) is 2. The second-order valence-corrected chi connectivity index (χ2v) is 5.03. The summed E-state index contributed by atoms with van der Waals surface area (Å²) in [6.07, 6.45) is 1.57. The summed E-state index contributed by atoms with van der Waals surface area (Å²) in [6, 6.07) is 1.93. The molecule has 0 aliphatic carbocycles. The molecule has 1 fully saturated rings. The highest BCUT2D eigenvalue weighted by Crippen LogP contribution is 2.29. The average molecular weight is 251 g/mol. The lowest BCUT2D eigenvalue weighted by molar-refractivity contribution is -0.0167. The Morgan fingerprint density at radius 3 is 3.18 bits per heavy atom. The third kappa shape index (κ3) is 1.99. The van der Waals surface area contributed by atoms with Crippen LogP contribution in [0.15, 0.2) is 21.3 Å². The molecule has 3 rings (SSSR count). The zero-order valence-corrected chi connectivity index (χ0v) is 10.0. The molecule has 6 heteroatoms. The SMILES string of the molecule is OC1(c2nc(-c3ccsc3)no2)CCCNC1. The predicted molar refractivity (Wildman–Crippen MR) is 63.6 cm³/mol. The molecule has 3 heterocycles. The van der Waals surface area contributed by atoms with Crippen LogP contribution in [0.4, 0.5) is 0 Å². The summed E-state index contributed by atoms with van der Waals surface area (Å²) in [5.41, 5.74) is -0.0862. The molecule has 1 aliphatic heterocycles. The number of piperidine rings is 1. The fourth-order valence-corrected chi connectivity index (χ4v) is 2.63. The molecule has 0 amide bonds. The molecule has 5 nitrogen and oxygen atoms in total. The van der Waals surface area contributed by atoms with E-state index >= 15 is 0 Å². The minimum absolute atomic E-state index is 0.311. The number of β-amino-alcohol motifs (C(OH)–C–C–N with tert-alkyl or cyclic N) is 1. The fourth-order valence-electron chi connectivity index (χ4n) is 1.99. The predicted octanol–water partition coefficient (Wildman–Crippen LogP) is 1.37. The molecule has 1 saturated heterocycles. The molecule has 2 N–H and O–H groups in total. The number of aliphatic hydroxyl groups is 1. The lowest BCUT2D eigenvalue weighted by Crippen LogP contribution is -2.43. The van der Waals surface area contributed by atoms with E-state index in [1.165, 1.54) is 0 Å². The molecule has 0 bridgehead atoms. The van der Waals surface area contributed by atoms with Gasteiger partial charge in [0.1, 0.15) is 0 Å². The Hall–Kier alpha value is -1.24. The third-order valence-corrected chi connectivity index (χ3v) is 3.65. The van der Waals surface area contributed by atoms with Gasteiger partial charge in [0.2, 0.25) is 5.82 Å². The van der Waals surface area contributed by atoms with E-state index in [0.29, 0.717) is 24.7 Å². The number of aromatic nitrogens is 2. The second kappa shape index (κ2) is 4.21. The van der Waals surface area contributed by atoms with E-state index in [1.54, 1.807) is 11.3 Å². The van der Waals surface area contributed by atoms with Crippen LogP contribution in [0.1, 0.15) is 18.7 Å². The summed E-state index contributed by atoms with van der Waals surface area (Å²) in [6.45, 7) is 1.39. The maximum atomic E-state index is 10.4. The third-order valence-electron chi connectivity index (χ3n) is 2.96. The summed E-state index contributed by atoms with van der Waals surface area (Å²) in [4.78, 5) is 4.29. The lowest BCUT2D eigenvalue weighted by atomic mass is 9.94. The van der Waals surface area contributed by atoms with E-state index < -0.39 is 5.60 Å². The van der Waals surface area contributed by atoms with Gasteiger partial charge in [-0.25, -0.2) is 0 Å². The van der Waals surface area contributed by atoms with Gasteiger partial charge < -0.3 is 14.9 Å². The van der Waals surface area contributed by atoms with Gasteiger partial charge in [0, 0.05) is 17.5 Å². The van der Waals surface area contributed by atoms with Crippen LogP contribution >= 0.6 is 11.3 Å². The van der Waals surface area contributed by atoms with E-state index in [-0.39, 0.29) is 0 Å². The first kappa shape index (κ1) is 10.9. The first-order valence-electron chi connectivity index (χ1n) is 5.58. The van der Waals surface area contributed by atoms with Crippen molar-refractivity contribution in [2.45, 2.75) is 18.4 Å². The van der Waals surface area contributed by atoms with Gasteiger partial charge in [0.05, 0.1) is 0 Å². The molecule has 1 aliphatic rings. The maximum Gasteiger partial charge on any atom is 0.260 e. The molecule has 2 aromatic heterocycles. The van der Waals surface area contributed by atoms with Crippen LogP contribution < -0.4 is 5.32 Å². The molecular formula is C11H13N3O2S. The molecule has 0 spiro atoms. The van der Waals surface area contributed by atoms with Crippen molar-refractivity contribution in [1.82, 2.24) is 15.5 Å². The van der Waals surface area contributed by atoms with Crippen molar-refractivity contribution in [2.75, 3.05) is 13.1 Å². The van der Waals surface area contributed by atoms with Gasteiger partial charge >= 0.3 is 0 Å². The van der Waals surface area contributed by atoms with Crippen molar-refractivity contribution >= 4 is 11.3 Å². The van der Waals surface area contributed by atoms with Crippen molar-refractivity contribution < 1.29 is 9.63 Å². The molecule has 0 aromatic carbocycles. The number of rotatable bonds is 2. The summed E-state index contributed by atoms with van der Waals surface area (Å²) in [5, 5.41) is 21.4. The Labute approximate surface area is 102 Å². The Bertz CT molecular complexity index is 489. The highest BCUT2D eigenvalue weighted by atomic mass is 32.1. The van der Waals surface area contributed by atoms with Gasteiger partial charge in [0.25, 0.3) is 5.89 Å². The zero-order chi connectivity index (χ0) is 11.7. The summed E-state index contributed by atoms with van der Waals surface area (Å²) in [5.74, 6) is 0.853. The maximum absolute atomic E-state index is 10.4. The number of nitrogens with zero attached hydrogens (tertiary/aromatic N) is 2. The van der Waals surface area contributed by atoms with Crippen LogP contribution in [0.5, 0.6) is 0 Å². The quantitative estimate of drug-likeness (QED) is 0.843. The average Bonchev–Trinajstić information content (AvgIpc) is 3.01. The van der Waals surface area contributed by atoms with Gasteiger partial charge in [-0.05, 0) is 30.8 Å². The minimum Gasteiger partial charge on any atom is -0.379 e. The molecule has 1 atom stereocenters. The molecule has 90 valence electrons. The minimum atomic E-state index is -1.01. The van der Waals surface area contributed by atoms with Crippen LogP contribution in [0, 0.1) is 0 Å². The van der Waals surface area contributed by atoms with E-state index in [9.17, 15) is 5.11 Å². The van der Waals surface area contributed by atoms with Crippen molar-refractivity contribution in [3.63, 3.8) is 0 Å². The van der Waals surface area contributed by atoms with Crippen LogP contribution in [-0.4, -0.2) is 28.3 Å². The largest absolute Gasteiger partial charge is 0.379 e. The first-order chi connectivity index (χ1) is 8.28. The first-order valence-corrected chi connectivity index (χ1v) is 6.52. The Morgan fingerprint density at radius 2 is 2.47 bits per heavy atom. The van der Waals surface area contributed by atoms with Crippen LogP contribution in [0.3, 0.4) is 0 Å². The van der Waals surface area contributed by atoms with E-state index in [4.69, 9.17) is 4.52 Å². The molecular weight excluding hydrogens is 238 g/mol. The van der Waals surface area contributed by atoms with E-state index in [1.807, 2.05) is 16.8 Å². The number of nitrogens with one attached hydrogen (secondary N) is 1. The van der Waals surface area contributed by atoms with Crippen molar-refractivity contribution in [3.05, 3.63) is 22.7 Å². The summed E-state index contributed by atoms with van der Waals surface area (Å²) >= 11 is 1.58. The van der Waals surface area contributed by atoms with Crippen LogP contribution in [0.25, 0.3) is 11.4 Å². The zero-order valence-electron chi connectivity index (χ0n) is 9.22. The summed E-state index contributed by atoms with van der Waals surface area (Å²) < 4.78 is 5.18. The molecule has 0 saturated carbocycles. The van der Waals surface area contributed by atoms with E-state index in [0.717, 1.165) is 18.5 Å². The molecule has 1 unspecified atom stereocenters. The Morgan fingerprint density at radius 1 is 1.53 bits per heavy atom. The smallest absolute Gasteiger partial charge is 0.260 e. The molecule has 0 radical (unpaired) electrons. The highest BCUT2D eigenvalue weighted by Gasteiger charge is 2.37. The van der Waals surface area contributed by atoms with Crippen LogP contribution in [0.2, 0.25) is 0 Å². The van der Waals surface area contributed by atoms with Crippen molar-refractivity contribution in [2.24, 2.45) is 0 Å². The van der Waals surface area contributed by atoms with Gasteiger partial charge in [-0.15, -0.1) is 0 Å². The summed E-state index contributed by atoms with van der Waals surface area (Å²) in [7, 11) is 0. The highest BCUT2D eigenvalue weighted by molar-refractivity contribution is 7.08. The van der Waals surface area contributed by atoms with Gasteiger partial charge in [-0.3, -0.25) is 0 Å². The van der Waals surface area contributed by atoms with E-state index in [2.05, 4.69) is 15.5 Å². The topological polar surface area (TPSA) is 71.2 Å². The van der Waals surface area contributed by atoms with Crippen molar-refractivity contribution in [3.8, 4) is 11.4 Å². The monoisotopic (exact) mass is 251 g/mol. The Kier molecular flexibility index (Phi) is 2.70. The Balaban J connectivity index is 1.89. The fraction of sp³-hybridized carbons (Fsp3) is 0.455. The number of thiophene rings is 1. The molecule has 17 heavy (non-hydrogen) atoms. The van der Waals surface area contributed by atoms with Gasteiger partial charge in [-0.2, -0.15) is 16.3 Å². The van der Waals surface area contributed by atoms with Gasteiger partial charge in [-0.1, -0.05) is 5.16 Å².